The second kappa shape index (κ2) is 3.59. The van der Waals surface area contributed by atoms with Crippen LogP contribution in [0.5, 0.6) is 0 Å². The van der Waals surface area contributed by atoms with E-state index in [4.69, 9.17) is 0 Å². The molecule has 0 bridgehead atoms. The molecule has 1 aromatic carbocycles. The van der Waals surface area contributed by atoms with Crippen LogP contribution in [0, 0.1) is 0 Å². The topological polar surface area (TPSA) is 37.4 Å². The van der Waals surface area contributed by atoms with Crippen molar-refractivity contribution in [2.24, 2.45) is 0 Å². The van der Waals surface area contributed by atoms with Crippen molar-refractivity contribution in [3.63, 3.8) is 0 Å². The number of nitrogens with zero attached hydrogens (tertiary/aromatic N) is 1. The Morgan fingerprint density at radius 2 is 2.06 bits per heavy atom. The first-order valence-electron chi connectivity index (χ1n) is 5.20. The van der Waals surface area contributed by atoms with Gasteiger partial charge in [-0.15, -0.1) is 0 Å². The minimum atomic E-state index is -0.0597. The highest BCUT2D eigenvalue weighted by molar-refractivity contribution is 6.10. The standard InChI is InChI=1S/C13H13NO2/c1-4-12(15)9-5-6-10-11(7-9)8(2)14(3)13(10)16/h5-7H,2,4H2,1,3H3. The molecule has 0 radical (unpaired) electrons. The lowest BCUT2D eigenvalue weighted by atomic mass is 10.0. The van der Waals surface area contributed by atoms with Crippen LogP contribution in [-0.2, 0) is 0 Å². The largest absolute Gasteiger partial charge is 0.311 e. The fourth-order valence-electron chi connectivity index (χ4n) is 1.83. The highest BCUT2D eigenvalue weighted by Crippen LogP contribution is 2.30. The third kappa shape index (κ3) is 1.36. The van der Waals surface area contributed by atoms with Gasteiger partial charge in [0, 0.05) is 35.9 Å². The first-order valence-corrected chi connectivity index (χ1v) is 5.20. The van der Waals surface area contributed by atoms with Crippen LogP contribution in [0.2, 0.25) is 0 Å². The molecule has 0 aliphatic carbocycles. The molecule has 3 heteroatoms. The summed E-state index contributed by atoms with van der Waals surface area (Å²) in [5.41, 5.74) is 2.70. The van der Waals surface area contributed by atoms with Crippen LogP contribution in [0.1, 0.15) is 39.6 Å². The molecule has 0 saturated heterocycles. The fraction of sp³-hybridized carbons (Fsp3) is 0.231. The van der Waals surface area contributed by atoms with E-state index in [2.05, 4.69) is 6.58 Å². The monoisotopic (exact) mass is 215 g/mol. The van der Waals surface area contributed by atoms with Crippen molar-refractivity contribution in [3.8, 4) is 0 Å². The quantitative estimate of drug-likeness (QED) is 0.710. The number of fused-ring (bicyclic) bond motifs is 1. The summed E-state index contributed by atoms with van der Waals surface area (Å²) in [6.07, 6.45) is 0.467. The van der Waals surface area contributed by atoms with Gasteiger partial charge in [0.15, 0.2) is 5.78 Å². The van der Waals surface area contributed by atoms with Gasteiger partial charge in [-0.2, -0.15) is 0 Å². The molecule has 82 valence electrons. The molecule has 16 heavy (non-hydrogen) atoms. The Kier molecular flexibility index (Phi) is 2.38. The van der Waals surface area contributed by atoms with Gasteiger partial charge in [-0.25, -0.2) is 0 Å². The maximum atomic E-state index is 11.7. The average molecular weight is 215 g/mol. The van der Waals surface area contributed by atoms with Gasteiger partial charge in [-0.3, -0.25) is 9.59 Å². The second-order valence-electron chi connectivity index (χ2n) is 3.85. The van der Waals surface area contributed by atoms with Crippen LogP contribution in [0.4, 0.5) is 0 Å². The number of carbonyl (C=O) groups is 2. The molecule has 1 heterocycles. The Morgan fingerprint density at radius 3 is 2.69 bits per heavy atom. The summed E-state index contributed by atoms with van der Waals surface area (Å²) in [6.45, 7) is 5.67. The Labute approximate surface area is 94.4 Å². The summed E-state index contributed by atoms with van der Waals surface area (Å²) in [6, 6.07) is 5.16. The van der Waals surface area contributed by atoms with Gasteiger partial charge in [0.1, 0.15) is 0 Å². The van der Waals surface area contributed by atoms with E-state index in [0.717, 1.165) is 5.56 Å². The van der Waals surface area contributed by atoms with Gasteiger partial charge in [-0.05, 0) is 12.1 Å². The molecule has 1 amide bonds. The van der Waals surface area contributed by atoms with Crippen LogP contribution in [0.3, 0.4) is 0 Å². The Hall–Kier alpha value is -1.90. The van der Waals surface area contributed by atoms with E-state index < -0.39 is 0 Å². The molecule has 1 aliphatic heterocycles. The summed E-state index contributed by atoms with van der Waals surface area (Å²) in [7, 11) is 1.69. The molecule has 0 unspecified atom stereocenters. The summed E-state index contributed by atoms with van der Waals surface area (Å²) in [5, 5.41) is 0. The molecular formula is C13H13NO2. The van der Waals surface area contributed by atoms with Crippen LogP contribution in [0.25, 0.3) is 5.70 Å². The third-order valence-electron chi connectivity index (χ3n) is 2.91. The van der Waals surface area contributed by atoms with Crippen LogP contribution >= 0.6 is 0 Å². The minimum Gasteiger partial charge on any atom is -0.311 e. The summed E-state index contributed by atoms with van der Waals surface area (Å²) in [5.74, 6) is 0.0214. The SMILES string of the molecule is C=C1c2cc(C(=O)CC)ccc2C(=O)N1C. The molecule has 3 nitrogen and oxygen atoms in total. The van der Waals surface area contributed by atoms with Crippen molar-refractivity contribution in [2.45, 2.75) is 13.3 Å². The zero-order valence-corrected chi connectivity index (χ0v) is 9.41. The lowest BCUT2D eigenvalue weighted by Crippen LogP contribution is -2.16. The second-order valence-corrected chi connectivity index (χ2v) is 3.85. The number of hydrogen-bond acceptors (Lipinski definition) is 2. The molecular weight excluding hydrogens is 202 g/mol. The molecule has 1 aromatic rings. The van der Waals surface area contributed by atoms with Gasteiger partial charge in [0.2, 0.25) is 0 Å². The molecule has 2 rings (SSSR count). The molecule has 0 fully saturated rings. The van der Waals surface area contributed by atoms with Gasteiger partial charge >= 0.3 is 0 Å². The van der Waals surface area contributed by atoms with Crippen LogP contribution in [-0.4, -0.2) is 23.6 Å². The zero-order chi connectivity index (χ0) is 11.9. The van der Waals surface area contributed by atoms with Gasteiger partial charge in [-0.1, -0.05) is 19.6 Å². The van der Waals surface area contributed by atoms with E-state index in [1.165, 1.54) is 4.90 Å². The van der Waals surface area contributed by atoms with E-state index in [0.29, 0.717) is 23.2 Å². The van der Waals surface area contributed by atoms with E-state index in [1.807, 2.05) is 6.92 Å². The van der Waals surface area contributed by atoms with Gasteiger partial charge < -0.3 is 4.90 Å². The summed E-state index contributed by atoms with van der Waals surface area (Å²) in [4.78, 5) is 24.8. The van der Waals surface area contributed by atoms with E-state index in [9.17, 15) is 9.59 Å². The Balaban J connectivity index is 2.53. The summed E-state index contributed by atoms with van der Waals surface area (Å²) >= 11 is 0. The highest BCUT2D eigenvalue weighted by Gasteiger charge is 2.28. The van der Waals surface area contributed by atoms with Crippen LogP contribution in [0.15, 0.2) is 24.8 Å². The maximum absolute atomic E-state index is 11.7. The predicted octanol–water partition coefficient (Wildman–Crippen LogP) is 2.34. The first-order chi connectivity index (χ1) is 7.56. The lowest BCUT2D eigenvalue weighted by molar-refractivity contribution is 0.0874. The van der Waals surface area contributed by atoms with E-state index >= 15 is 0 Å². The lowest BCUT2D eigenvalue weighted by Gasteiger charge is -2.08. The summed E-state index contributed by atoms with van der Waals surface area (Å²) < 4.78 is 0. The average Bonchev–Trinajstić information content (AvgIpc) is 2.53. The number of benzene rings is 1. The normalized spacial score (nSPS) is 14.2. The minimum absolute atomic E-state index is 0.0597. The number of hydrogen-bond donors (Lipinski definition) is 0. The van der Waals surface area contributed by atoms with Crippen molar-refractivity contribution in [3.05, 3.63) is 41.5 Å². The zero-order valence-electron chi connectivity index (χ0n) is 9.41. The van der Waals surface area contributed by atoms with Crippen molar-refractivity contribution >= 4 is 17.4 Å². The van der Waals surface area contributed by atoms with E-state index in [1.54, 1.807) is 25.2 Å². The molecule has 0 aromatic heterocycles. The Bertz CT molecular complexity index is 503. The maximum Gasteiger partial charge on any atom is 0.258 e. The molecule has 0 N–H and O–H groups in total. The highest BCUT2D eigenvalue weighted by atomic mass is 16.2. The van der Waals surface area contributed by atoms with Crippen molar-refractivity contribution < 1.29 is 9.59 Å². The number of carbonyl (C=O) groups excluding carboxylic acids is 2. The molecule has 1 aliphatic rings. The predicted molar refractivity (Wildman–Crippen MR) is 62.2 cm³/mol. The third-order valence-corrected chi connectivity index (χ3v) is 2.91. The first kappa shape index (κ1) is 10.6. The van der Waals surface area contributed by atoms with Gasteiger partial charge in [0.05, 0.1) is 0 Å². The smallest absolute Gasteiger partial charge is 0.258 e. The van der Waals surface area contributed by atoms with Crippen molar-refractivity contribution in [1.29, 1.82) is 0 Å². The van der Waals surface area contributed by atoms with Crippen LogP contribution < -0.4 is 0 Å². The number of rotatable bonds is 2. The number of Topliss-reactive ketones (excluding diaryl/α,β-unsaturated/α-hetero) is 1. The van der Waals surface area contributed by atoms with Crippen molar-refractivity contribution in [1.82, 2.24) is 4.90 Å². The molecule has 0 atom stereocenters. The Morgan fingerprint density at radius 1 is 1.38 bits per heavy atom. The van der Waals surface area contributed by atoms with Gasteiger partial charge in [0.25, 0.3) is 5.91 Å². The molecule has 0 spiro atoms. The van der Waals surface area contributed by atoms with E-state index in [-0.39, 0.29) is 11.7 Å². The number of ketones is 1. The fourth-order valence-corrected chi connectivity index (χ4v) is 1.83. The number of amides is 1. The van der Waals surface area contributed by atoms with Crippen molar-refractivity contribution in [2.75, 3.05) is 7.05 Å². The molecule has 0 saturated carbocycles.